The molecule has 1 heterocycles. The normalized spacial score (nSPS) is 11.7. The van der Waals surface area contributed by atoms with Gasteiger partial charge in [0, 0.05) is 16.0 Å². The van der Waals surface area contributed by atoms with E-state index >= 15 is 0 Å². The van der Waals surface area contributed by atoms with Crippen LogP contribution in [-0.4, -0.2) is 5.78 Å². The molecule has 1 rings (SSSR count). The summed E-state index contributed by atoms with van der Waals surface area (Å²) in [6.07, 6.45) is 0. The zero-order valence-corrected chi connectivity index (χ0v) is 9.29. The van der Waals surface area contributed by atoms with E-state index in [1.165, 1.54) is 11.3 Å². The van der Waals surface area contributed by atoms with Crippen LogP contribution in [0.2, 0.25) is 0 Å². The fourth-order valence-electron chi connectivity index (χ4n) is 0.978. The van der Waals surface area contributed by atoms with Gasteiger partial charge in [0.15, 0.2) is 5.78 Å². The SMILES string of the molecule is Cc1sc(C(=O)C(C)(C)C)cc1N. The van der Waals surface area contributed by atoms with Crippen molar-refractivity contribution < 1.29 is 4.79 Å². The lowest BCUT2D eigenvalue weighted by atomic mass is 9.90. The minimum atomic E-state index is -0.316. The Morgan fingerprint density at radius 2 is 2.00 bits per heavy atom. The Kier molecular flexibility index (Phi) is 2.48. The summed E-state index contributed by atoms with van der Waals surface area (Å²) in [6, 6.07) is 1.77. The maximum absolute atomic E-state index is 11.8. The van der Waals surface area contributed by atoms with Crippen LogP contribution in [0.25, 0.3) is 0 Å². The lowest BCUT2D eigenvalue weighted by Crippen LogP contribution is -2.18. The van der Waals surface area contributed by atoms with Crippen molar-refractivity contribution in [2.75, 3.05) is 5.73 Å². The highest BCUT2D eigenvalue weighted by Crippen LogP contribution is 2.29. The molecular formula is C10H15NOS. The van der Waals surface area contributed by atoms with Crippen molar-refractivity contribution in [3.63, 3.8) is 0 Å². The topological polar surface area (TPSA) is 43.1 Å². The van der Waals surface area contributed by atoms with Gasteiger partial charge >= 0.3 is 0 Å². The molecule has 72 valence electrons. The molecule has 0 saturated carbocycles. The largest absolute Gasteiger partial charge is 0.398 e. The molecule has 0 aromatic carbocycles. The zero-order chi connectivity index (χ0) is 10.2. The van der Waals surface area contributed by atoms with Gasteiger partial charge in [-0.1, -0.05) is 20.8 Å². The summed E-state index contributed by atoms with van der Waals surface area (Å²) in [5.74, 6) is 0.164. The second-order valence-electron chi connectivity index (χ2n) is 4.20. The molecule has 0 unspecified atom stereocenters. The van der Waals surface area contributed by atoms with Crippen molar-refractivity contribution in [1.29, 1.82) is 0 Å². The number of thiophene rings is 1. The molecule has 1 aromatic heterocycles. The Morgan fingerprint density at radius 3 is 2.31 bits per heavy atom. The first-order chi connectivity index (χ1) is 5.82. The predicted molar refractivity (Wildman–Crippen MR) is 57.3 cm³/mol. The molecule has 3 heteroatoms. The summed E-state index contributed by atoms with van der Waals surface area (Å²) in [5, 5.41) is 0. The molecule has 2 N–H and O–H groups in total. The maximum Gasteiger partial charge on any atom is 0.178 e. The molecular weight excluding hydrogens is 182 g/mol. The third kappa shape index (κ3) is 2.10. The Balaban J connectivity index is 3.03. The van der Waals surface area contributed by atoms with Gasteiger partial charge < -0.3 is 5.73 Å². The van der Waals surface area contributed by atoms with Crippen molar-refractivity contribution in [1.82, 2.24) is 0 Å². The molecule has 0 aliphatic carbocycles. The first-order valence-corrected chi connectivity index (χ1v) is 5.04. The number of nitrogens with two attached hydrogens (primary N) is 1. The number of aryl methyl sites for hydroxylation is 1. The molecule has 0 aliphatic heterocycles. The number of anilines is 1. The molecule has 0 spiro atoms. The average molecular weight is 197 g/mol. The number of carbonyl (C=O) groups excluding carboxylic acids is 1. The highest BCUT2D eigenvalue weighted by Gasteiger charge is 2.24. The number of hydrogen-bond acceptors (Lipinski definition) is 3. The van der Waals surface area contributed by atoms with Crippen molar-refractivity contribution in [3.05, 3.63) is 15.8 Å². The standard InChI is InChI=1S/C10H15NOS/c1-6-7(11)5-8(13-6)9(12)10(2,3)4/h5H,11H2,1-4H3. The van der Waals surface area contributed by atoms with Gasteiger partial charge in [0.05, 0.1) is 4.88 Å². The van der Waals surface area contributed by atoms with Crippen LogP contribution in [-0.2, 0) is 0 Å². The smallest absolute Gasteiger partial charge is 0.178 e. The van der Waals surface area contributed by atoms with Crippen LogP contribution in [0.5, 0.6) is 0 Å². The van der Waals surface area contributed by atoms with E-state index in [2.05, 4.69) is 0 Å². The Bertz CT molecular complexity index is 314. The van der Waals surface area contributed by atoms with Crippen LogP contribution < -0.4 is 5.73 Å². The van der Waals surface area contributed by atoms with Gasteiger partial charge in [0.2, 0.25) is 0 Å². The molecule has 0 atom stereocenters. The molecule has 0 amide bonds. The number of carbonyl (C=O) groups is 1. The van der Waals surface area contributed by atoms with E-state index in [4.69, 9.17) is 5.73 Å². The lowest BCUT2D eigenvalue weighted by molar-refractivity contribution is 0.0863. The molecule has 1 aromatic rings. The monoisotopic (exact) mass is 197 g/mol. The maximum atomic E-state index is 11.8. The van der Waals surface area contributed by atoms with Crippen LogP contribution in [0.1, 0.15) is 35.3 Å². The molecule has 0 saturated heterocycles. The van der Waals surface area contributed by atoms with Crippen LogP contribution in [0.15, 0.2) is 6.07 Å². The third-order valence-corrected chi connectivity index (χ3v) is 2.93. The van der Waals surface area contributed by atoms with Gasteiger partial charge in [-0.3, -0.25) is 4.79 Å². The molecule has 0 aliphatic rings. The van der Waals surface area contributed by atoms with Crippen LogP contribution in [0, 0.1) is 12.3 Å². The fraction of sp³-hybridized carbons (Fsp3) is 0.500. The van der Waals surface area contributed by atoms with Gasteiger partial charge in [-0.15, -0.1) is 11.3 Å². The summed E-state index contributed by atoms with van der Waals surface area (Å²) in [7, 11) is 0. The molecule has 0 bridgehead atoms. The van der Waals surface area contributed by atoms with Crippen molar-refractivity contribution >= 4 is 22.8 Å². The van der Waals surface area contributed by atoms with E-state index in [0.717, 1.165) is 15.4 Å². The van der Waals surface area contributed by atoms with Gasteiger partial charge in [-0.25, -0.2) is 0 Å². The Labute approximate surface area is 82.8 Å². The molecule has 13 heavy (non-hydrogen) atoms. The Hall–Kier alpha value is -0.830. The minimum absolute atomic E-state index is 0.164. The van der Waals surface area contributed by atoms with Gasteiger partial charge in [0.25, 0.3) is 0 Å². The van der Waals surface area contributed by atoms with Gasteiger partial charge in [-0.2, -0.15) is 0 Å². The third-order valence-electron chi connectivity index (χ3n) is 1.86. The lowest BCUT2D eigenvalue weighted by Gasteiger charge is -2.14. The van der Waals surface area contributed by atoms with E-state index in [1.807, 2.05) is 27.7 Å². The number of nitrogen functional groups attached to an aromatic ring is 1. The summed E-state index contributed by atoms with van der Waals surface area (Å²) in [6.45, 7) is 7.68. The number of ketones is 1. The fourth-order valence-corrected chi connectivity index (χ4v) is 2.07. The van der Waals surface area contributed by atoms with Crippen LogP contribution in [0.3, 0.4) is 0 Å². The zero-order valence-electron chi connectivity index (χ0n) is 8.47. The van der Waals surface area contributed by atoms with E-state index < -0.39 is 0 Å². The van der Waals surface area contributed by atoms with Crippen LogP contribution >= 0.6 is 11.3 Å². The summed E-state index contributed by atoms with van der Waals surface area (Å²) in [5.41, 5.74) is 6.08. The van der Waals surface area contributed by atoms with E-state index in [9.17, 15) is 4.79 Å². The van der Waals surface area contributed by atoms with Gasteiger partial charge in [-0.05, 0) is 13.0 Å². The van der Waals surface area contributed by atoms with E-state index in [-0.39, 0.29) is 11.2 Å². The number of hydrogen-bond donors (Lipinski definition) is 1. The molecule has 2 nitrogen and oxygen atoms in total. The van der Waals surface area contributed by atoms with Crippen LogP contribution in [0.4, 0.5) is 5.69 Å². The summed E-state index contributed by atoms with van der Waals surface area (Å²) in [4.78, 5) is 13.6. The highest BCUT2D eigenvalue weighted by molar-refractivity contribution is 7.14. The van der Waals surface area contributed by atoms with Crippen molar-refractivity contribution in [2.45, 2.75) is 27.7 Å². The highest BCUT2D eigenvalue weighted by atomic mass is 32.1. The number of rotatable bonds is 1. The quantitative estimate of drug-likeness (QED) is 0.703. The minimum Gasteiger partial charge on any atom is -0.398 e. The summed E-state index contributed by atoms with van der Waals surface area (Å²) >= 11 is 1.47. The predicted octanol–water partition coefficient (Wildman–Crippen LogP) is 2.87. The second kappa shape index (κ2) is 3.14. The summed E-state index contributed by atoms with van der Waals surface area (Å²) < 4.78 is 0. The molecule has 0 fully saturated rings. The molecule has 0 radical (unpaired) electrons. The van der Waals surface area contributed by atoms with E-state index in [1.54, 1.807) is 6.07 Å². The first-order valence-electron chi connectivity index (χ1n) is 4.23. The van der Waals surface area contributed by atoms with Gasteiger partial charge in [0.1, 0.15) is 0 Å². The second-order valence-corrected chi connectivity index (χ2v) is 5.46. The van der Waals surface area contributed by atoms with Crippen molar-refractivity contribution in [3.8, 4) is 0 Å². The van der Waals surface area contributed by atoms with Crippen molar-refractivity contribution in [2.24, 2.45) is 5.41 Å². The Morgan fingerprint density at radius 1 is 1.46 bits per heavy atom. The number of Topliss-reactive ketones (excluding diaryl/α,β-unsaturated/α-hetero) is 1. The first kappa shape index (κ1) is 10.3. The van der Waals surface area contributed by atoms with E-state index in [0.29, 0.717) is 0 Å². The average Bonchev–Trinajstić information content (AvgIpc) is 2.29.